The molecule has 1 saturated heterocycles. The summed E-state index contributed by atoms with van der Waals surface area (Å²) in [6.45, 7) is 0. The molecule has 25 heavy (non-hydrogen) atoms. The van der Waals surface area contributed by atoms with Gasteiger partial charge in [0, 0.05) is 11.8 Å². The van der Waals surface area contributed by atoms with Gasteiger partial charge in [0.05, 0.1) is 20.6 Å². The van der Waals surface area contributed by atoms with Gasteiger partial charge in [-0.05, 0) is 23.8 Å². The minimum absolute atomic E-state index is 0.290. The summed E-state index contributed by atoms with van der Waals surface area (Å²) in [6, 6.07) is 6.66. The monoisotopic (exact) mass is 429 g/mol. The van der Waals surface area contributed by atoms with Crippen LogP contribution in [0.25, 0.3) is 6.08 Å². The molecule has 0 saturated carbocycles. The van der Waals surface area contributed by atoms with Gasteiger partial charge in [-0.25, -0.2) is 4.98 Å². The molecule has 0 spiro atoms. The Hall–Kier alpha value is -1.32. The number of nitrogens with one attached hydrogen (secondary N) is 2. The Balaban J connectivity index is 1.78. The molecule has 2 aromatic rings. The molecule has 1 aromatic carbocycles. The molecule has 1 aliphatic heterocycles. The number of carbonyl (C=O) groups excluding carboxylic acids is 1. The maximum atomic E-state index is 11.8. The van der Waals surface area contributed by atoms with Gasteiger partial charge in [0.25, 0.3) is 11.5 Å². The van der Waals surface area contributed by atoms with Crippen LogP contribution in [0.3, 0.4) is 0 Å². The van der Waals surface area contributed by atoms with E-state index in [1.54, 1.807) is 12.1 Å². The van der Waals surface area contributed by atoms with Crippen molar-refractivity contribution < 1.29 is 4.79 Å². The zero-order chi connectivity index (χ0) is 18.0. The summed E-state index contributed by atoms with van der Waals surface area (Å²) in [6.07, 6.45) is 1.54. The number of thioether (sulfide) groups is 2. The molecule has 0 aliphatic carbocycles. The average molecular weight is 430 g/mol. The topological polar surface area (TPSA) is 74.8 Å². The molecule has 128 valence electrons. The Morgan fingerprint density at radius 3 is 2.72 bits per heavy atom. The Morgan fingerprint density at radius 2 is 2.04 bits per heavy atom. The fourth-order valence-electron chi connectivity index (χ4n) is 1.93. The van der Waals surface area contributed by atoms with E-state index < -0.39 is 0 Å². The average Bonchev–Trinajstić information content (AvgIpc) is 2.85. The molecule has 1 fully saturated rings. The molecule has 0 bridgehead atoms. The van der Waals surface area contributed by atoms with Crippen molar-refractivity contribution in [3.05, 3.63) is 60.8 Å². The summed E-state index contributed by atoms with van der Waals surface area (Å²) < 4.78 is 0.385. The highest BCUT2D eigenvalue weighted by Gasteiger charge is 2.22. The van der Waals surface area contributed by atoms with Crippen LogP contribution in [0.4, 0.5) is 0 Å². The molecule has 3 rings (SSSR count). The van der Waals surface area contributed by atoms with E-state index >= 15 is 0 Å². The summed E-state index contributed by atoms with van der Waals surface area (Å²) in [5, 5.41) is 3.92. The van der Waals surface area contributed by atoms with Crippen molar-refractivity contribution in [2.24, 2.45) is 0 Å². The number of hydrogen-bond donors (Lipinski definition) is 2. The SMILES string of the molecule is O=C1NC(=S)S/C1=C/c1cc(=O)[nH]c(SCc2ccc(Cl)c(Cl)c2)n1. The smallest absolute Gasteiger partial charge is 0.263 e. The van der Waals surface area contributed by atoms with Crippen molar-refractivity contribution in [2.75, 3.05) is 0 Å². The van der Waals surface area contributed by atoms with E-state index in [2.05, 4.69) is 15.3 Å². The number of amides is 1. The highest BCUT2D eigenvalue weighted by Crippen LogP contribution is 2.27. The standard InChI is InChI=1S/C15H9Cl2N3O2S3/c16-9-2-1-7(3-10(9)17)6-24-14-18-8(5-12(21)19-14)4-11-13(22)20-15(23)25-11/h1-5H,6H2,(H,18,19,21)(H,20,22,23)/b11-4+. The van der Waals surface area contributed by atoms with Gasteiger partial charge in [-0.1, -0.05) is 65.0 Å². The lowest BCUT2D eigenvalue weighted by Gasteiger charge is -2.04. The van der Waals surface area contributed by atoms with Crippen LogP contribution >= 0.6 is 58.9 Å². The predicted octanol–water partition coefficient (Wildman–Crippen LogP) is 3.86. The number of benzene rings is 1. The van der Waals surface area contributed by atoms with Crippen LogP contribution in [0, 0.1) is 0 Å². The number of aromatic amines is 1. The van der Waals surface area contributed by atoms with Gasteiger partial charge in [0.1, 0.15) is 4.32 Å². The van der Waals surface area contributed by atoms with Crippen molar-refractivity contribution in [1.29, 1.82) is 0 Å². The molecule has 5 nitrogen and oxygen atoms in total. The van der Waals surface area contributed by atoms with Gasteiger partial charge in [0.2, 0.25) is 0 Å². The lowest BCUT2D eigenvalue weighted by Crippen LogP contribution is -2.17. The minimum atomic E-state index is -0.301. The first kappa shape index (κ1) is 18.5. The van der Waals surface area contributed by atoms with Crippen LogP contribution in [0.2, 0.25) is 10.0 Å². The van der Waals surface area contributed by atoms with E-state index in [0.717, 1.165) is 17.3 Å². The second-order valence-corrected chi connectivity index (χ2v) is 8.36. The van der Waals surface area contributed by atoms with E-state index in [0.29, 0.717) is 35.9 Å². The first-order chi connectivity index (χ1) is 11.9. The second-order valence-electron chi connectivity index (χ2n) is 4.86. The van der Waals surface area contributed by atoms with Gasteiger partial charge in [0.15, 0.2) is 5.16 Å². The van der Waals surface area contributed by atoms with Crippen LogP contribution < -0.4 is 10.9 Å². The number of thiocarbonyl (C=S) groups is 1. The largest absolute Gasteiger partial charge is 0.307 e. The molecule has 0 radical (unpaired) electrons. The third-order valence-corrected chi connectivity index (χ3v) is 5.87. The molecule has 1 aliphatic rings. The van der Waals surface area contributed by atoms with Gasteiger partial charge in [-0.3, -0.25) is 9.59 Å². The lowest BCUT2D eigenvalue weighted by atomic mass is 10.2. The molecule has 10 heteroatoms. The fourth-order valence-corrected chi connectivity index (χ4v) is 4.11. The first-order valence-corrected chi connectivity index (χ1v) is 9.80. The molecule has 1 amide bonds. The summed E-state index contributed by atoms with van der Waals surface area (Å²) >= 11 is 19.3. The zero-order valence-electron chi connectivity index (χ0n) is 12.3. The molecular weight excluding hydrogens is 421 g/mol. The normalized spacial score (nSPS) is 15.7. The lowest BCUT2D eigenvalue weighted by molar-refractivity contribution is -0.115. The highest BCUT2D eigenvalue weighted by atomic mass is 35.5. The molecule has 2 N–H and O–H groups in total. The van der Waals surface area contributed by atoms with Gasteiger partial charge >= 0.3 is 0 Å². The first-order valence-electron chi connectivity index (χ1n) is 6.83. The van der Waals surface area contributed by atoms with Crippen molar-refractivity contribution in [2.45, 2.75) is 10.9 Å². The number of carbonyl (C=O) groups is 1. The van der Waals surface area contributed by atoms with Crippen molar-refractivity contribution >= 4 is 75.2 Å². The van der Waals surface area contributed by atoms with Crippen LogP contribution in [0.1, 0.15) is 11.3 Å². The van der Waals surface area contributed by atoms with Gasteiger partial charge in [-0.15, -0.1) is 0 Å². The molecule has 0 atom stereocenters. The van der Waals surface area contributed by atoms with E-state index in [-0.39, 0.29) is 11.5 Å². The maximum Gasteiger partial charge on any atom is 0.263 e. The summed E-state index contributed by atoms with van der Waals surface area (Å²) in [5.74, 6) is 0.265. The fraction of sp³-hybridized carbons (Fsp3) is 0.0667. The minimum Gasteiger partial charge on any atom is -0.307 e. The van der Waals surface area contributed by atoms with E-state index in [9.17, 15) is 9.59 Å². The third kappa shape index (κ3) is 4.86. The number of nitrogens with zero attached hydrogens (tertiary/aromatic N) is 1. The van der Waals surface area contributed by atoms with Crippen LogP contribution in [-0.2, 0) is 10.5 Å². The molecular formula is C15H9Cl2N3O2S3. The Kier molecular flexibility index (Phi) is 5.85. The van der Waals surface area contributed by atoms with Crippen LogP contribution in [0.15, 0.2) is 39.1 Å². The Labute approximate surface area is 166 Å². The maximum absolute atomic E-state index is 11.8. The third-order valence-electron chi connectivity index (χ3n) is 3.02. The number of hydrogen-bond acceptors (Lipinski definition) is 6. The zero-order valence-corrected chi connectivity index (χ0v) is 16.3. The predicted molar refractivity (Wildman–Crippen MR) is 107 cm³/mol. The van der Waals surface area contributed by atoms with Gasteiger partial charge in [-0.2, -0.15) is 0 Å². The molecule has 2 heterocycles. The van der Waals surface area contributed by atoms with Crippen molar-refractivity contribution in [3.8, 4) is 0 Å². The molecule has 0 unspecified atom stereocenters. The summed E-state index contributed by atoms with van der Waals surface area (Å²) in [5.41, 5.74) is 1.04. The number of aromatic nitrogens is 2. The number of halogens is 2. The van der Waals surface area contributed by atoms with Crippen LogP contribution in [0.5, 0.6) is 0 Å². The molecule has 1 aromatic heterocycles. The second kappa shape index (κ2) is 7.92. The highest BCUT2D eigenvalue weighted by molar-refractivity contribution is 8.26. The van der Waals surface area contributed by atoms with E-state index in [4.69, 9.17) is 35.4 Å². The van der Waals surface area contributed by atoms with Crippen molar-refractivity contribution in [1.82, 2.24) is 15.3 Å². The summed E-state index contributed by atoms with van der Waals surface area (Å²) in [4.78, 5) is 30.9. The number of rotatable bonds is 4. The Morgan fingerprint density at radius 1 is 1.24 bits per heavy atom. The van der Waals surface area contributed by atoms with Gasteiger partial charge < -0.3 is 10.3 Å². The quantitative estimate of drug-likeness (QED) is 0.332. The number of H-pyrrole nitrogens is 1. The van der Waals surface area contributed by atoms with Crippen LogP contribution in [-0.4, -0.2) is 20.2 Å². The summed E-state index contributed by atoms with van der Waals surface area (Å²) in [7, 11) is 0. The van der Waals surface area contributed by atoms with E-state index in [1.165, 1.54) is 23.9 Å². The Bertz CT molecular complexity index is 959. The van der Waals surface area contributed by atoms with Crippen molar-refractivity contribution in [3.63, 3.8) is 0 Å². The van der Waals surface area contributed by atoms with E-state index in [1.807, 2.05) is 6.07 Å².